The first-order valence-corrected chi connectivity index (χ1v) is 11.7. The van der Waals surface area contributed by atoms with E-state index < -0.39 is 0 Å². The van der Waals surface area contributed by atoms with E-state index in [2.05, 4.69) is 11.4 Å². The molecule has 0 atom stereocenters. The second-order valence-electron chi connectivity index (χ2n) is 7.73. The number of hydrogen-bond donors (Lipinski definition) is 1. The number of nitriles is 1. The highest BCUT2D eigenvalue weighted by Crippen LogP contribution is 2.27. The number of ketones is 1. The Balaban J connectivity index is 1.38. The predicted octanol–water partition coefficient (Wildman–Crippen LogP) is 5.18. The standard InChI is InChI=1S/C26H23N3O2S/c27-16-21-15-20-9-5-2-6-10-23(20)29-26(21)32-17-24(30)28-22-13-11-19(12-14-22)25(31)18-7-3-1-4-8-18/h1,3-4,7-8,11-15H,2,5-6,9-10,17H2,(H,28,30). The predicted molar refractivity (Wildman–Crippen MR) is 126 cm³/mol. The van der Waals surface area contributed by atoms with E-state index >= 15 is 0 Å². The van der Waals surface area contributed by atoms with E-state index in [0.717, 1.165) is 36.9 Å². The van der Waals surface area contributed by atoms with Gasteiger partial charge in [-0.2, -0.15) is 5.26 Å². The fraction of sp³-hybridized carbons (Fsp3) is 0.231. The molecule has 0 radical (unpaired) electrons. The molecule has 160 valence electrons. The van der Waals surface area contributed by atoms with Gasteiger partial charge in [-0.3, -0.25) is 9.59 Å². The van der Waals surface area contributed by atoms with Crippen molar-refractivity contribution in [2.45, 2.75) is 37.1 Å². The molecular weight excluding hydrogens is 418 g/mol. The highest BCUT2D eigenvalue weighted by atomic mass is 32.2. The lowest BCUT2D eigenvalue weighted by Crippen LogP contribution is -2.14. The molecule has 1 N–H and O–H groups in total. The number of aromatic nitrogens is 1. The van der Waals surface area contributed by atoms with Crippen LogP contribution < -0.4 is 5.32 Å². The summed E-state index contributed by atoms with van der Waals surface area (Å²) in [7, 11) is 0. The Kier molecular flexibility index (Phi) is 6.98. The van der Waals surface area contributed by atoms with Crippen molar-refractivity contribution in [3.8, 4) is 6.07 Å². The van der Waals surface area contributed by atoms with Gasteiger partial charge in [-0.25, -0.2) is 4.98 Å². The van der Waals surface area contributed by atoms with E-state index in [1.54, 1.807) is 36.4 Å². The number of hydrogen-bond acceptors (Lipinski definition) is 5. The third-order valence-electron chi connectivity index (χ3n) is 5.44. The van der Waals surface area contributed by atoms with Crippen molar-refractivity contribution in [3.05, 3.63) is 88.6 Å². The molecule has 4 rings (SSSR count). The van der Waals surface area contributed by atoms with Gasteiger partial charge in [-0.05, 0) is 61.6 Å². The lowest BCUT2D eigenvalue weighted by Gasteiger charge is -2.10. The third kappa shape index (κ3) is 5.24. The van der Waals surface area contributed by atoms with E-state index in [1.807, 2.05) is 24.3 Å². The number of amides is 1. The highest BCUT2D eigenvalue weighted by Gasteiger charge is 2.16. The Morgan fingerprint density at radius 3 is 2.44 bits per heavy atom. The molecule has 3 aromatic rings. The van der Waals surface area contributed by atoms with E-state index in [4.69, 9.17) is 4.98 Å². The zero-order valence-electron chi connectivity index (χ0n) is 17.6. The maximum absolute atomic E-state index is 12.5. The quantitative estimate of drug-likeness (QED) is 0.324. The normalized spacial score (nSPS) is 12.8. The molecule has 0 saturated heterocycles. The summed E-state index contributed by atoms with van der Waals surface area (Å²) < 4.78 is 0. The molecule has 1 aromatic heterocycles. The molecule has 32 heavy (non-hydrogen) atoms. The Labute approximate surface area is 191 Å². The summed E-state index contributed by atoms with van der Waals surface area (Å²) in [5.41, 5.74) is 4.57. The van der Waals surface area contributed by atoms with Crippen molar-refractivity contribution in [1.82, 2.24) is 4.98 Å². The van der Waals surface area contributed by atoms with Crippen molar-refractivity contribution in [3.63, 3.8) is 0 Å². The van der Waals surface area contributed by atoms with Crippen molar-refractivity contribution < 1.29 is 9.59 Å². The summed E-state index contributed by atoms with van der Waals surface area (Å²) in [5, 5.41) is 13.0. The zero-order chi connectivity index (χ0) is 22.3. The maximum Gasteiger partial charge on any atom is 0.234 e. The van der Waals surface area contributed by atoms with Crippen LogP contribution in [0.5, 0.6) is 0 Å². The number of fused-ring (bicyclic) bond motifs is 1. The van der Waals surface area contributed by atoms with Crippen molar-refractivity contribution in [2.24, 2.45) is 0 Å². The smallest absolute Gasteiger partial charge is 0.234 e. The highest BCUT2D eigenvalue weighted by molar-refractivity contribution is 8.00. The molecule has 6 heteroatoms. The average Bonchev–Trinajstić information content (AvgIpc) is 3.07. The first-order chi connectivity index (χ1) is 15.6. The number of nitrogens with one attached hydrogen (secondary N) is 1. The van der Waals surface area contributed by atoms with Gasteiger partial charge in [-0.1, -0.05) is 48.5 Å². The second kappa shape index (κ2) is 10.3. The number of anilines is 1. The third-order valence-corrected chi connectivity index (χ3v) is 6.43. The van der Waals surface area contributed by atoms with Crippen LogP contribution in [0.1, 0.15) is 52.0 Å². The molecule has 0 fully saturated rings. The Morgan fingerprint density at radius 1 is 0.969 bits per heavy atom. The second-order valence-corrected chi connectivity index (χ2v) is 8.69. The zero-order valence-corrected chi connectivity index (χ0v) is 18.5. The Bertz CT molecular complexity index is 1170. The van der Waals surface area contributed by atoms with Crippen molar-refractivity contribution in [1.29, 1.82) is 5.26 Å². The lowest BCUT2D eigenvalue weighted by atomic mass is 10.0. The van der Waals surface area contributed by atoms with Crippen LogP contribution in [0.3, 0.4) is 0 Å². The number of thioether (sulfide) groups is 1. The molecule has 1 heterocycles. The van der Waals surface area contributed by atoms with Gasteiger partial charge < -0.3 is 5.32 Å². The van der Waals surface area contributed by atoms with Gasteiger partial charge in [0.05, 0.1) is 11.3 Å². The monoisotopic (exact) mass is 441 g/mol. The average molecular weight is 442 g/mol. The van der Waals surface area contributed by atoms with Gasteiger partial charge in [0.25, 0.3) is 0 Å². The van der Waals surface area contributed by atoms with Crippen molar-refractivity contribution >= 4 is 29.1 Å². The minimum absolute atomic E-state index is 0.0580. The summed E-state index contributed by atoms with van der Waals surface area (Å²) >= 11 is 1.28. The van der Waals surface area contributed by atoms with Gasteiger partial charge in [0.2, 0.25) is 5.91 Å². The Hall–Kier alpha value is -3.43. The fourth-order valence-electron chi connectivity index (χ4n) is 3.77. The number of carbonyl (C=O) groups excluding carboxylic acids is 2. The van der Waals surface area contributed by atoms with Gasteiger partial charge in [0.15, 0.2) is 5.78 Å². The largest absolute Gasteiger partial charge is 0.325 e. The number of nitrogens with zero attached hydrogens (tertiary/aromatic N) is 2. The summed E-state index contributed by atoms with van der Waals surface area (Å²) in [6.07, 6.45) is 5.31. The number of rotatable bonds is 6. The number of benzene rings is 2. The molecule has 5 nitrogen and oxygen atoms in total. The SMILES string of the molecule is N#Cc1cc2c(nc1SCC(=O)Nc1ccc(C(=O)c3ccccc3)cc1)CCCCC2. The molecule has 0 aliphatic heterocycles. The molecular formula is C26H23N3O2S. The van der Waals surface area contributed by atoms with E-state index in [-0.39, 0.29) is 17.4 Å². The first-order valence-electron chi connectivity index (χ1n) is 10.7. The minimum atomic E-state index is -0.183. The van der Waals surface area contributed by atoms with Gasteiger partial charge in [0.1, 0.15) is 11.1 Å². The van der Waals surface area contributed by atoms with E-state index in [1.165, 1.54) is 18.2 Å². The van der Waals surface area contributed by atoms with Crippen LogP contribution in [-0.4, -0.2) is 22.4 Å². The molecule has 1 aliphatic rings. The summed E-state index contributed by atoms with van der Waals surface area (Å²) in [6, 6.07) is 20.1. The molecule has 0 bridgehead atoms. The van der Waals surface area contributed by atoms with Crippen LogP contribution in [0, 0.1) is 11.3 Å². The molecule has 0 unspecified atom stereocenters. The molecule has 0 spiro atoms. The minimum Gasteiger partial charge on any atom is -0.325 e. The van der Waals surface area contributed by atoms with Crippen LogP contribution in [0.15, 0.2) is 65.7 Å². The molecule has 0 saturated carbocycles. The van der Waals surface area contributed by atoms with Crippen LogP contribution >= 0.6 is 11.8 Å². The van der Waals surface area contributed by atoms with Crippen LogP contribution in [0.4, 0.5) is 5.69 Å². The lowest BCUT2D eigenvalue weighted by molar-refractivity contribution is -0.113. The van der Waals surface area contributed by atoms with Gasteiger partial charge >= 0.3 is 0 Å². The van der Waals surface area contributed by atoms with Crippen molar-refractivity contribution in [2.75, 3.05) is 11.1 Å². The summed E-state index contributed by atoms with van der Waals surface area (Å²) in [4.78, 5) is 29.7. The van der Waals surface area contributed by atoms with Gasteiger partial charge in [0, 0.05) is 22.5 Å². The number of pyridine rings is 1. The van der Waals surface area contributed by atoms with Gasteiger partial charge in [-0.15, -0.1) is 0 Å². The van der Waals surface area contributed by atoms with E-state index in [9.17, 15) is 14.9 Å². The Morgan fingerprint density at radius 2 is 1.69 bits per heavy atom. The molecule has 1 amide bonds. The summed E-state index contributed by atoms with van der Waals surface area (Å²) in [6.45, 7) is 0. The maximum atomic E-state index is 12.5. The number of carbonyl (C=O) groups is 2. The molecule has 1 aliphatic carbocycles. The first kappa shape index (κ1) is 21.8. The topological polar surface area (TPSA) is 82.8 Å². The van der Waals surface area contributed by atoms with Crippen LogP contribution in [0.25, 0.3) is 0 Å². The van der Waals surface area contributed by atoms with Crippen LogP contribution in [-0.2, 0) is 17.6 Å². The summed E-state index contributed by atoms with van der Waals surface area (Å²) in [5.74, 6) is -0.0827. The fourth-order valence-corrected chi connectivity index (χ4v) is 4.55. The molecule has 2 aromatic carbocycles. The van der Waals surface area contributed by atoms with E-state index in [0.29, 0.717) is 27.4 Å². The number of aryl methyl sites for hydroxylation is 2. The van der Waals surface area contributed by atoms with Crippen LogP contribution in [0.2, 0.25) is 0 Å².